The summed E-state index contributed by atoms with van der Waals surface area (Å²) in [5, 5.41) is 13.5. The van der Waals surface area contributed by atoms with Gasteiger partial charge in [0.25, 0.3) is 0 Å². The van der Waals surface area contributed by atoms with Crippen molar-refractivity contribution >= 4 is 29.7 Å². The Balaban J connectivity index is 3.95. The molecule has 0 saturated heterocycles. The summed E-state index contributed by atoms with van der Waals surface area (Å²) >= 11 is 1.50. The molecule has 0 aromatic rings. The van der Waals surface area contributed by atoms with Crippen LogP contribution in [0.2, 0.25) is 0 Å². The number of amides is 3. The fraction of sp³-hybridized carbons (Fsp3) is 0.667. The molecule has 0 aromatic carbocycles. The van der Waals surface area contributed by atoms with Gasteiger partial charge >= 0.3 is 12.0 Å². The summed E-state index contributed by atoms with van der Waals surface area (Å²) in [5.41, 5.74) is 4.89. The van der Waals surface area contributed by atoms with E-state index in [1.54, 1.807) is 0 Å². The molecule has 0 aliphatic carbocycles. The molecule has 0 aromatic heterocycles. The average Bonchev–Trinajstić information content (AvgIpc) is 2.23. The number of carboxylic acid groups (broad SMARTS) is 1. The van der Waals surface area contributed by atoms with Crippen molar-refractivity contribution in [3.8, 4) is 0 Å². The van der Waals surface area contributed by atoms with E-state index in [2.05, 4.69) is 10.6 Å². The van der Waals surface area contributed by atoms with Gasteiger partial charge < -0.3 is 21.5 Å². The van der Waals surface area contributed by atoms with Gasteiger partial charge in [-0.25, -0.2) is 9.59 Å². The normalized spacial score (nSPS) is 11.6. The molecule has 7 nitrogen and oxygen atoms in total. The minimum atomic E-state index is -1.08. The third-order valence-corrected chi connectivity index (χ3v) is 2.51. The number of carbonyl (C=O) groups is 3. The number of carboxylic acids is 1. The standard InChI is InChI=1S/C9H17N3O4S/c1-17-5-3-6(8(14)15)12-9(16)11-4-2-7(10)13/h6H,2-5H2,1H3,(H2,10,13)(H,14,15)(H2,11,12,16)/t6-/m1/s1. The van der Waals surface area contributed by atoms with Crippen molar-refractivity contribution < 1.29 is 19.5 Å². The predicted molar refractivity (Wildman–Crippen MR) is 64.8 cm³/mol. The van der Waals surface area contributed by atoms with E-state index < -0.39 is 23.9 Å². The molecule has 0 rings (SSSR count). The first kappa shape index (κ1) is 15.6. The van der Waals surface area contributed by atoms with E-state index in [1.807, 2.05) is 6.26 Å². The largest absolute Gasteiger partial charge is 0.480 e. The van der Waals surface area contributed by atoms with Crippen LogP contribution >= 0.6 is 11.8 Å². The van der Waals surface area contributed by atoms with Crippen molar-refractivity contribution in [3.05, 3.63) is 0 Å². The van der Waals surface area contributed by atoms with Crippen molar-refractivity contribution in [2.75, 3.05) is 18.6 Å². The van der Waals surface area contributed by atoms with Crippen LogP contribution in [-0.2, 0) is 9.59 Å². The first-order valence-corrected chi connectivity index (χ1v) is 6.41. The Morgan fingerprint density at radius 3 is 2.53 bits per heavy atom. The topological polar surface area (TPSA) is 122 Å². The van der Waals surface area contributed by atoms with E-state index >= 15 is 0 Å². The maximum absolute atomic E-state index is 11.3. The van der Waals surface area contributed by atoms with Gasteiger partial charge in [0.15, 0.2) is 0 Å². The van der Waals surface area contributed by atoms with Gasteiger partial charge in [-0.05, 0) is 18.4 Å². The molecule has 0 aliphatic rings. The predicted octanol–water partition coefficient (Wildman–Crippen LogP) is -0.633. The molecule has 3 amide bonds. The zero-order valence-electron chi connectivity index (χ0n) is 9.56. The molecule has 98 valence electrons. The second kappa shape index (κ2) is 8.68. The van der Waals surface area contributed by atoms with Gasteiger partial charge in [-0.3, -0.25) is 4.79 Å². The Kier molecular flexibility index (Phi) is 7.95. The number of nitrogens with one attached hydrogen (secondary N) is 2. The molecule has 0 saturated carbocycles. The van der Waals surface area contributed by atoms with Gasteiger partial charge in [-0.1, -0.05) is 0 Å². The maximum atomic E-state index is 11.3. The van der Waals surface area contributed by atoms with Crippen LogP contribution < -0.4 is 16.4 Å². The number of thioether (sulfide) groups is 1. The molecule has 0 fully saturated rings. The summed E-state index contributed by atoms with van der Waals surface area (Å²) < 4.78 is 0. The quantitative estimate of drug-likeness (QED) is 0.464. The number of hydrogen-bond donors (Lipinski definition) is 4. The summed E-state index contributed by atoms with van der Waals surface area (Å²) in [6.07, 6.45) is 2.22. The van der Waals surface area contributed by atoms with Gasteiger partial charge in [-0.15, -0.1) is 0 Å². The molecular weight excluding hydrogens is 246 g/mol. The average molecular weight is 263 g/mol. The Bertz CT molecular complexity index is 285. The Hall–Kier alpha value is -1.44. The van der Waals surface area contributed by atoms with Crippen LogP contribution in [0.4, 0.5) is 4.79 Å². The molecule has 8 heteroatoms. The van der Waals surface area contributed by atoms with Crippen LogP contribution in [0.15, 0.2) is 0 Å². The summed E-state index contributed by atoms with van der Waals surface area (Å²) in [5.74, 6) is -0.968. The van der Waals surface area contributed by atoms with Crippen LogP contribution in [0, 0.1) is 0 Å². The molecule has 1 atom stereocenters. The monoisotopic (exact) mass is 263 g/mol. The lowest BCUT2D eigenvalue weighted by Crippen LogP contribution is -2.46. The summed E-state index contributed by atoms with van der Waals surface area (Å²) in [7, 11) is 0. The van der Waals surface area contributed by atoms with Crippen LogP contribution in [0.1, 0.15) is 12.8 Å². The fourth-order valence-electron chi connectivity index (χ4n) is 1.00. The summed E-state index contributed by atoms with van der Waals surface area (Å²) in [4.78, 5) is 32.5. The van der Waals surface area contributed by atoms with Crippen molar-refractivity contribution in [2.45, 2.75) is 18.9 Å². The molecule has 5 N–H and O–H groups in total. The van der Waals surface area contributed by atoms with E-state index in [0.29, 0.717) is 12.2 Å². The Morgan fingerprint density at radius 1 is 1.41 bits per heavy atom. The lowest BCUT2D eigenvalue weighted by molar-refractivity contribution is -0.139. The van der Waals surface area contributed by atoms with Crippen LogP contribution in [0.3, 0.4) is 0 Å². The van der Waals surface area contributed by atoms with Gasteiger partial charge in [0, 0.05) is 13.0 Å². The minimum absolute atomic E-state index is 0.0238. The molecule has 0 bridgehead atoms. The molecule has 0 radical (unpaired) electrons. The second-order valence-electron chi connectivity index (χ2n) is 3.29. The number of rotatable bonds is 8. The first-order valence-electron chi connectivity index (χ1n) is 5.01. The highest BCUT2D eigenvalue weighted by Gasteiger charge is 2.18. The van der Waals surface area contributed by atoms with E-state index in [9.17, 15) is 14.4 Å². The maximum Gasteiger partial charge on any atom is 0.326 e. The highest BCUT2D eigenvalue weighted by Crippen LogP contribution is 2.00. The van der Waals surface area contributed by atoms with Crippen molar-refractivity contribution in [1.82, 2.24) is 10.6 Å². The number of carbonyl (C=O) groups excluding carboxylic acids is 2. The van der Waals surface area contributed by atoms with Crippen LogP contribution in [-0.4, -0.2) is 47.6 Å². The molecule has 0 spiro atoms. The van der Waals surface area contributed by atoms with Crippen LogP contribution in [0.5, 0.6) is 0 Å². The summed E-state index contributed by atoms with van der Waals surface area (Å²) in [6, 6.07) is -1.53. The zero-order valence-corrected chi connectivity index (χ0v) is 10.4. The van der Waals surface area contributed by atoms with Crippen LogP contribution in [0.25, 0.3) is 0 Å². The van der Waals surface area contributed by atoms with Gasteiger partial charge in [-0.2, -0.15) is 11.8 Å². The molecule has 17 heavy (non-hydrogen) atoms. The van der Waals surface area contributed by atoms with Crippen molar-refractivity contribution in [2.24, 2.45) is 5.73 Å². The van der Waals surface area contributed by atoms with E-state index in [-0.39, 0.29) is 13.0 Å². The molecule has 0 heterocycles. The lowest BCUT2D eigenvalue weighted by Gasteiger charge is -2.14. The number of nitrogens with two attached hydrogens (primary N) is 1. The van der Waals surface area contributed by atoms with Gasteiger partial charge in [0.05, 0.1) is 0 Å². The minimum Gasteiger partial charge on any atom is -0.480 e. The van der Waals surface area contributed by atoms with E-state index in [4.69, 9.17) is 10.8 Å². The third kappa shape index (κ3) is 8.38. The van der Waals surface area contributed by atoms with Crippen molar-refractivity contribution in [1.29, 1.82) is 0 Å². The molecule has 0 unspecified atom stereocenters. The highest BCUT2D eigenvalue weighted by molar-refractivity contribution is 7.98. The van der Waals surface area contributed by atoms with Gasteiger partial charge in [0.1, 0.15) is 6.04 Å². The second-order valence-corrected chi connectivity index (χ2v) is 4.27. The van der Waals surface area contributed by atoms with Crippen molar-refractivity contribution in [3.63, 3.8) is 0 Å². The van der Waals surface area contributed by atoms with Gasteiger partial charge in [0.2, 0.25) is 5.91 Å². The fourth-order valence-corrected chi connectivity index (χ4v) is 1.47. The number of primary amides is 1. The summed E-state index contributed by atoms with van der Waals surface area (Å²) in [6.45, 7) is 0.0933. The lowest BCUT2D eigenvalue weighted by atomic mass is 10.2. The number of urea groups is 1. The first-order chi connectivity index (χ1) is 7.97. The smallest absolute Gasteiger partial charge is 0.326 e. The molecular formula is C9H17N3O4S. The van der Waals surface area contributed by atoms with E-state index in [1.165, 1.54) is 11.8 Å². The third-order valence-electron chi connectivity index (χ3n) is 1.87. The highest BCUT2D eigenvalue weighted by atomic mass is 32.2. The number of aliphatic carboxylic acids is 1. The zero-order chi connectivity index (χ0) is 13.3. The van der Waals surface area contributed by atoms with E-state index in [0.717, 1.165) is 0 Å². The SMILES string of the molecule is CSCC[C@@H](NC(=O)NCCC(N)=O)C(=O)O. The number of hydrogen-bond acceptors (Lipinski definition) is 4. The molecule has 0 aliphatic heterocycles. The Morgan fingerprint density at radius 2 is 2.06 bits per heavy atom. The Labute approximate surface area is 104 Å².